The Morgan fingerprint density at radius 1 is 1.16 bits per heavy atom. The highest BCUT2D eigenvalue weighted by atomic mass is 16.5. The summed E-state index contributed by atoms with van der Waals surface area (Å²) < 4.78 is 7.07. The summed E-state index contributed by atoms with van der Waals surface area (Å²) in [7, 11) is 0. The van der Waals surface area contributed by atoms with Crippen molar-refractivity contribution < 1.29 is 14.6 Å². The maximum Gasteiger partial charge on any atom is 0.267 e. The second-order valence-electron chi connectivity index (χ2n) is 9.65. The number of aromatic hydroxyl groups is 1. The summed E-state index contributed by atoms with van der Waals surface area (Å²) in [6, 6.07) is 7.23. The van der Waals surface area contributed by atoms with E-state index in [0.29, 0.717) is 23.4 Å². The molecule has 2 aliphatic rings. The van der Waals surface area contributed by atoms with Crippen molar-refractivity contribution in [1.29, 1.82) is 0 Å². The van der Waals surface area contributed by atoms with Gasteiger partial charge in [0.1, 0.15) is 11.3 Å². The number of hydrogen-bond acceptors (Lipinski definition) is 5. The zero-order chi connectivity index (χ0) is 22.7. The minimum atomic E-state index is -0.473. The van der Waals surface area contributed by atoms with Crippen molar-refractivity contribution in [2.24, 2.45) is 11.8 Å². The fraction of sp³-hybridized carbons (Fsp3) is 0.600. The van der Waals surface area contributed by atoms with E-state index in [-0.39, 0.29) is 23.3 Å². The number of nitrogens with one attached hydrogen (secondary N) is 1. The first kappa shape index (κ1) is 22.8. The fourth-order valence-electron chi connectivity index (χ4n) is 4.95. The average Bonchev–Trinajstić information content (AvgIpc) is 2.79. The average molecular weight is 442 g/mol. The first-order valence-electron chi connectivity index (χ1n) is 11.9. The van der Waals surface area contributed by atoms with Crippen molar-refractivity contribution in [3.05, 3.63) is 40.2 Å². The van der Waals surface area contributed by atoms with Crippen LogP contribution in [0.15, 0.2) is 29.1 Å². The van der Waals surface area contributed by atoms with Gasteiger partial charge in [0.2, 0.25) is 0 Å². The normalized spacial score (nSPS) is 19.0. The molecule has 0 radical (unpaired) electrons. The zero-order valence-electron chi connectivity index (χ0n) is 19.2. The van der Waals surface area contributed by atoms with E-state index in [1.807, 2.05) is 32.0 Å². The van der Waals surface area contributed by atoms with Crippen LogP contribution < -0.4 is 10.9 Å². The summed E-state index contributed by atoms with van der Waals surface area (Å²) in [5, 5.41) is 14.4. The molecule has 7 heteroatoms. The molecule has 0 atom stereocenters. The molecule has 1 aromatic carbocycles. The number of nitrogens with zero attached hydrogens (tertiary/aromatic N) is 2. The Hall–Kier alpha value is -2.38. The number of benzene rings is 1. The van der Waals surface area contributed by atoms with E-state index in [0.717, 1.165) is 58.5 Å². The lowest BCUT2D eigenvalue weighted by Gasteiger charge is -2.35. The highest BCUT2D eigenvalue weighted by Gasteiger charge is 2.27. The van der Waals surface area contributed by atoms with Gasteiger partial charge in [0.25, 0.3) is 11.5 Å². The summed E-state index contributed by atoms with van der Waals surface area (Å²) in [5.74, 6) is 0.235. The molecular formula is C25H35N3O4. The van der Waals surface area contributed by atoms with E-state index >= 15 is 0 Å². The van der Waals surface area contributed by atoms with Gasteiger partial charge in [0, 0.05) is 50.8 Å². The summed E-state index contributed by atoms with van der Waals surface area (Å²) in [5.41, 5.74) is 0.0833. The van der Waals surface area contributed by atoms with Crippen LogP contribution in [0, 0.1) is 11.8 Å². The standard InChI is InChI=1S/C25H35N3O4/c1-17(2)15-28-21-6-4-3-5-20(21)23(29)22(25(28)31)24(30)26-19-7-11-27(12-8-19)16-18-9-13-32-14-10-18/h3-6,17-19,29H,7-16H2,1-2H3,(H,26,30). The van der Waals surface area contributed by atoms with E-state index in [4.69, 9.17) is 4.74 Å². The Balaban J connectivity index is 1.47. The molecule has 2 fully saturated rings. The largest absolute Gasteiger partial charge is 0.506 e. The summed E-state index contributed by atoms with van der Waals surface area (Å²) in [4.78, 5) is 28.8. The summed E-state index contributed by atoms with van der Waals surface area (Å²) in [6.45, 7) is 9.23. The minimum absolute atomic E-state index is 0.0114. The second kappa shape index (κ2) is 10.0. The Morgan fingerprint density at radius 2 is 1.84 bits per heavy atom. The predicted octanol–water partition coefficient (Wildman–Crippen LogP) is 2.98. The molecule has 0 aliphatic carbocycles. The van der Waals surface area contributed by atoms with Crippen LogP contribution in [0.2, 0.25) is 0 Å². The smallest absolute Gasteiger partial charge is 0.267 e. The lowest BCUT2D eigenvalue weighted by Crippen LogP contribution is -2.47. The number of ether oxygens (including phenoxy) is 1. The van der Waals surface area contributed by atoms with Crippen molar-refractivity contribution in [1.82, 2.24) is 14.8 Å². The van der Waals surface area contributed by atoms with Gasteiger partial charge in [-0.1, -0.05) is 26.0 Å². The van der Waals surface area contributed by atoms with Gasteiger partial charge in [-0.3, -0.25) is 9.59 Å². The molecule has 3 heterocycles. The second-order valence-corrected chi connectivity index (χ2v) is 9.65. The summed E-state index contributed by atoms with van der Waals surface area (Å²) in [6.07, 6.45) is 3.95. The highest BCUT2D eigenvalue weighted by molar-refractivity contribution is 6.02. The van der Waals surface area contributed by atoms with Crippen LogP contribution in [-0.2, 0) is 11.3 Å². The number of carbonyl (C=O) groups is 1. The molecule has 2 aliphatic heterocycles. The number of carbonyl (C=O) groups excluding carboxylic acids is 1. The molecule has 0 unspecified atom stereocenters. The Kier molecular flexibility index (Phi) is 7.16. The third-order valence-electron chi connectivity index (χ3n) is 6.70. The third kappa shape index (κ3) is 4.99. The monoisotopic (exact) mass is 441 g/mol. The molecule has 174 valence electrons. The SMILES string of the molecule is CC(C)Cn1c(=O)c(C(=O)NC2CCN(CC3CCOCC3)CC2)c(O)c2ccccc21. The molecule has 4 rings (SSSR count). The molecule has 1 amide bonds. The lowest BCUT2D eigenvalue weighted by molar-refractivity contribution is 0.0477. The highest BCUT2D eigenvalue weighted by Crippen LogP contribution is 2.27. The van der Waals surface area contributed by atoms with Crippen LogP contribution in [-0.4, -0.2) is 59.4 Å². The van der Waals surface area contributed by atoms with Crippen LogP contribution in [0.1, 0.15) is 49.9 Å². The van der Waals surface area contributed by atoms with E-state index in [1.54, 1.807) is 10.6 Å². The quantitative estimate of drug-likeness (QED) is 0.720. The Bertz CT molecular complexity index is 1000. The maximum atomic E-state index is 13.2. The first-order chi connectivity index (χ1) is 15.4. The molecular weight excluding hydrogens is 406 g/mol. The van der Waals surface area contributed by atoms with Crippen molar-refractivity contribution in [2.75, 3.05) is 32.8 Å². The van der Waals surface area contributed by atoms with Gasteiger partial charge in [-0.05, 0) is 49.7 Å². The number of aromatic nitrogens is 1. The number of fused-ring (bicyclic) bond motifs is 1. The molecule has 32 heavy (non-hydrogen) atoms. The van der Waals surface area contributed by atoms with Crippen molar-refractivity contribution in [3.8, 4) is 5.75 Å². The van der Waals surface area contributed by atoms with Gasteiger partial charge in [-0.15, -0.1) is 0 Å². The molecule has 2 N–H and O–H groups in total. The number of amides is 1. The van der Waals surface area contributed by atoms with E-state index in [2.05, 4.69) is 10.2 Å². The number of rotatable bonds is 6. The fourth-order valence-corrected chi connectivity index (χ4v) is 4.95. The minimum Gasteiger partial charge on any atom is -0.506 e. The molecule has 2 aromatic rings. The lowest BCUT2D eigenvalue weighted by atomic mass is 9.97. The van der Waals surface area contributed by atoms with Gasteiger partial charge in [0.05, 0.1) is 5.52 Å². The zero-order valence-corrected chi connectivity index (χ0v) is 19.2. The van der Waals surface area contributed by atoms with Crippen LogP contribution in [0.5, 0.6) is 5.75 Å². The number of likely N-dealkylation sites (tertiary alicyclic amines) is 1. The number of para-hydroxylation sites is 1. The predicted molar refractivity (Wildman–Crippen MR) is 125 cm³/mol. The van der Waals surface area contributed by atoms with Gasteiger partial charge in [0.15, 0.2) is 0 Å². The van der Waals surface area contributed by atoms with Crippen LogP contribution in [0.3, 0.4) is 0 Å². The van der Waals surface area contributed by atoms with Gasteiger partial charge >= 0.3 is 0 Å². The number of piperidine rings is 1. The van der Waals surface area contributed by atoms with Crippen LogP contribution in [0.25, 0.3) is 10.9 Å². The number of pyridine rings is 1. The topological polar surface area (TPSA) is 83.8 Å². The van der Waals surface area contributed by atoms with Gasteiger partial charge in [-0.25, -0.2) is 0 Å². The third-order valence-corrected chi connectivity index (χ3v) is 6.70. The van der Waals surface area contributed by atoms with E-state index in [9.17, 15) is 14.7 Å². The molecule has 7 nitrogen and oxygen atoms in total. The Labute approximate surface area is 189 Å². The van der Waals surface area contributed by atoms with E-state index < -0.39 is 11.5 Å². The van der Waals surface area contributed by atoms with Crippen LogP contribution in [0.4, 0.5) is 0 Å². The van der Waals surface area contributed by atoms with Crippen LogP contribution >= 0.6 is 0 Å². The van der Waals surface area contributed by atoms with Gasteiger partial charge < -0.3 is 24.6 Å². The van der Waals surface area contributed by atoms with Gasteiger partial charge in [-0.2, -0.15) is 0 Å². The molecule has 0 saturated carbocycles. The van der Waals surface area contributed by atoms with Crippen molar-refractivity contribution in [2.45, 2.75) is 52.1 Å². The summed E-state index contributed by atoms with van der Waals surface area (Å²) >= 11 is 0. The van der Waals surface area contributed by atoms with Crippen molar-refractivity contribution in [3.63, 3.8) is 0 Å². The Morgan fingerprint density at radius 3 is 2.53 bits per heavy atom. The molecule has 2 saturated heterocycles. The maximum absolute atomic E-state index is 13.2. The van der Waals surface area contributed by atoms with E-state index in [1.165, 1.54) is 0 Å². The number of hydrogen-bond donors (Lipinski definition) is 2. The molecule has 0 bridgehead atoms. The molecule has 0 spiro atoms. The molecule has 1 aromatic heterocycles. The van der Waals surface area contributed by atoms with Crippen molar-refractivity contribution >= 4 is 16.8 Å². The first-order valence-corrected chi connectivity index (χ1v) is 11.9.